The van der Waals surface area contributed by atoms with Gasteiger partial charge in [-0.3, -0.25) is 4.79 Å². The molecule has 0 amide bonds. The summed E-state index contributed by atoms with van der Waals surface area (Å²) >= 11 is 3.45. The Labute approximate surface area is 115 Å². The van der Waals surface area contributed by atoms with Crippen molar-refractivity contribution in [1.29, 1.82) is 0 Å². The molecule has 98 valence electrons. The first-order valence-electron chi connectivity index (χ1n) is 6.08. The van der Waals surface area contributed by atoms with Crippen LogP contribution in [-0.2, 0) is 11.2 Å². The van der Waals surface area contributed by atoms with Crippen molar-refractivity contribution in [1.82, 2.24) is 0 Å². The standard InChI is InChI=1S/C14H17BrO3/c1-8(11-7-12(11)14(16)17)5-9-6-10(15)3-4-13(9)18-2/h3-4,6,8,11-12H,5,7H2,1-2H3,(H,16,17). The summed E-state index contributed by atoms with van der Waals surface area (Å²) in [6.07, 6.45) is 1.67. The second-order valence-electron chi connectivity index (χ2n) is 4.98. The molecule has 0 aromatic heterocycles. The minimum Gasteiger partial charge on any atom is -0.496 e. The third kappa shape index (κ3) is 2.86. The molecule has 0 radical (unpaired) electrons. The van der Waals surface area contributed by atoms with Crippen LogP contribution < -0.4 is 4.74 Å². The third-order valence-corrected chi connectivity index (χ3v) is 4.17. The number of carboxylic acid groups (broad SMARTS) is 1. The largest absolute Gasteiger partial charge is 0.496 e. The van der Waals surface area contributed by atoms with Gasteiger partial charge in [0.1, 0.15) is 5.75 Å². The van der Waals surface area contributed by atoms with Gasteiger partial charge in [-0.05, 0) is 48.4 Å². The zero-order valence-electron chi connectivity index (χ0n) is 10.5. The highest BCUT2D eigenvalue weighted by molar-refractivity contribution is 9.10. The van der Waals surface area contributed by atoms with Crippen LogP contribution in [0.4, 0.5) is 0 Å². The molecule has 0 aliphatic heterocycles. The number of hydrogen-bond acceptors (Lipinski definition) is 2. The summed E-state index contributed by atoms with van der Waals surface area (Å²) in [5.74, 6) is 0.754. The lowest BCUT2D eigenvalue weighted by atomic mass is 9.95. The maximum absolute atomic E-state index is 10.9. The Balaban J connectivity index is 2.05. The van der Waals surface area contributed by atoms with E-state index in [1.165, 1.54) is 0 Å². The average molecular weight is 313 g/mol. The van der Waals surface area contributed by atoms with Crippen molar-refractivity contribution < 1.29 is 14.6 Å². The van der Waals surface area contributed by atoms with Gasteiger partial charge in [-0.2, -0.15) is 0 Å². The molecule has 1 aliphatic rings. The van der Waals surface area contributed by atoms with Gasteiger partial charge < -0.3 is 9.84 Å². The first-order chi connectivity index (χ1) is 8.52. The van der Waals surface area contributed by atoms with Crippen molar-refractivity contribution in [2.75, 3.05) is 7.11 Å². The lowest BCUT2D eigenvalue weighted by Gasteiger charge is -2.14. The number of aliphatic carboxylic acids is 1. The van der Waals surface area contributed by atoms with Crippen molar-refractivity contribution in [3.63, 3.8) is 0 Å². The zero-order valence-corrected chi connectivity index (χ0v) is 12.1. The molecule has 4 heteroatoms. The Hall–Kier alpha value is -1.03. The van der Waals surface area contributed by atoms with Gasteiger partial charge in [-0.25, -0.2) is 0 Å². The molecular formula is C14H17BrO3. The number of rotatable bonds is 5. The molecule has 0 saturated heterocycles. The second-order valence-corrected chi connectivity index (χ2v) is 5.90. The number of halogens is 1. The van der Waals surface area contributed by atoms with Crippen LogP contribution >= 0.6 is 15.9 Å². The Morgan fingerprint density at radius 3 is 2.89 bits per heavy atom. The molecule has 3 nitrogen and oxygen atoms in total. The molecule has 1 aromatic rings. The molecule has 0 spiro atoms. The molecule has 0 bridgehead atoms. The topological polar surface area (TPSA) is 46.5 Å². The highest BCUT2D eigenvalue weighted by Crippen LogP contribution is 2.46. The Kier molecular flexibility index (Phi) is 3.95. The van der Waals surface area contributed by atoms with Gasteiger partial charge >= 0.3 is 5.97 Å². The van der Waals surface area contributed by atoms with E-state index in [-0.39, 0.29) is 5.92 Å². The number of carbonyl (C=O) groups is 1. The number of benzene rings is 1. The predicted molar refractivity (Wildman–Crippen MR) is 72.8 cm³/mol. The second kappa shape index (κ2) is 5.31. The van der Waals surface area contributed by atoms with Crippen LogP contribution in [0.2, 0.25) is 0 Å². The molecule has 1 aromatic carbocycles. The fourth-order valence-corrected chi connectivity index (χ4v) is 2.94. The lowest BCUT2D eigenvalue weighted by molar-refractivity contribution is -0.139. The fraction of sp³-hybridized carbons (Fsp3) is 0.500. The molecular weight excluding hydrogens is 296 g/mol. The van der Waals surface area contributed by atoms with Crippen LogP contribution in [0.15, 0.2) is 22.7 Å². The van der Waals surface area contributed by atoms with Crippen molar-refractivity contribution in [3.8, 4) is 5.75 Å². The quantitative estimate of drug-likeness (QED) is 0.907. The molecule has 2 rings (SSSR count). The van der Waals surface area contributed by atoms with Crippen LogP contribution in [0.1, 0.15) is 18.9 Å². The Morgan fingerprint density at radius 2 is 2.33 bits per heavy atom. The van der Waals surface area contributed by atoms with Gasteiger partial charge in [0, 0.05) is 4.47 Å². The predicted octanol–water partition coefficient (Wildman–Crippen LogP) is 3.36. The van der Waals surface area contributed by atoms with E-state index < -0.39 is 5.97 Å². The Bertz CT molecular complexity index is 458. The zero-order chi connectivity index (χ0) is 13.3. The normalized spacial score (nSPS) is 23.5. The summed E-state index contributed by atoms with van der Waals surface area (Å²) in [6.45, 7) is 2.12. The lowest BCUT2D eigenvalue weighted by Crippen LogP contribution is -2.09. The van der Waals surface area contributed by atoms with E-state index in [9.17, 15) is 4.79 Å². The molecule has 1 saturated carbocycles. The molecule has 0 heterocycles. The van der Waals surface area contributed by atoms with Crippen LogP contribution in [0.25, 0.3) is 0 Å². The molecule has 3 atom stereocenters. The summed E-state index contributed by atoms with van der Waals surface area (Å²) in [4.78, 5) is 10.9. The van der Waals surface area contributed by atoms with Crippen LogP contribution in [-0.4, -0.2) is 18.2 Å². The monoisotopic (exact) mass is 312 g/mol. The van der Waals surface area contributed by atoms with E-state index in [0.717, 1.165) is 28.6 Å². The van der Waals surface area contributed by atoms with E-state index in [1.54, 1.807) is 7.11 Å². The first-order valence-corrected chi connectivity index (χ1v) is 6.87. The van der Waals surface area contributed by atoms with Crippen molar-refractivity contribution >= 4 is 21.9 Å². The van der Waals surface area contributed by atoms with E-state index in [4.69, 9.17) is 9.84 Å². The van der Waals surface area contributed by atoms with Gasteiger partial charge in [0.25, 0.3) is 0 Å². The van der Waals surface area contributed by atoms with Crippen molar-refractivity contribution in [3.05, 3.63) is 28.2 Å². The first kappa shape index (κ1) is 13.4. The van der Waals surface area contributed by atoms with E-state index in [1.807, 2.05) is 18.2 Å². The number of carboxylic acids is 1. The van der Waals surface area contributed by atoms with Crippen molar-refractivity contribution in [2.24, 2.45) is 17.8 Å². The molecule has 1 aliphatic carbocycles. The number of hydrogen-bond donors (Lipinski definition) is 1. The maximum atomic E-state index is 10.9. The smallest absolute Gasteiger partial charge is 0.306 e. The summed E-state index contributed by atoms with van der Waals surface area (Å²) in [5.41, 5.74) is 1.13. The SMILES string of the molecule is COc1ccc(Br)cc1CC(C)C1CC1C(=O)O. The van der Waals surface area contributed by atoms with Gasteiger partial charge in [0.05, 0.1) is 13.0 Å². The van der Waals surface area contributed by atoms with Crippen LogP contribution in [0.3, 0.4) is 0 Å². The van der Waals surface area contributed by atoms with E-state index >= 15 is 0 Å². The Morgan fingerprint density at radius 1 is 1.61 bits per heavy atom. The minimum absolute atomic E-state index is 0.141. The maximum Gasteiger partial charge on any atom is 0.306 e. The van der Waals surface area contributed by atoms with Gasteiger partial charge in [0.2, 0.25) is 0 Å². The van der Waals surface area contributed by atoms with Crippen LogP contribution in [0.5, 0.6) is 5.75 Å². The van der Waals surface area contributed by atoms with Gasteiger partial charge in [-0.15, -0.1) is 0 Å². The van der Waals surface area contributed by atoms with Crippen molar-refractivity contribution in [2.45, 2.75) is 19.8 Å². The number of methoxy groups -OCH3 is 1. The van der Waals surface area contributed by atoms with E-state index in [0.29, 0.717) is 11.8 Å². The molecule has 1 fully saturated rings. The number of ether oxygens (including phenoxy) is 1. The summed E-state index contributed by atoms with van der Waals surface area (Å²) in [5, 5.41) is 8.95. The fourth-order valence-electron chi connectivity index (χ4n) is 2.53. The average Bonchev–Trinajstić information content (AvgIpc) is 3.09. The molecule has 3 unspecified atom stereocenters. The third-order valence-electron chi connectivity index (χ3n) is 3.67. The summed E-state index contributed by atoms with van der Waals surface area (Å²) in [6, 6.07) is 5.94. The minimum atomic E-state index is -0.659. The van der Waals surface area contributed by atoms with Crippen LogP contribution in [0, 0.1) is 17.8 Å². The summed E-state index contributed by atoms with van der Waals surface area (Å²) in [7, 11) is 1.66. The summed E-state index contributed by atoms with van der Waals surface area (Å²) < 4.78 is 6.36. The highest BCUT2D eigenvalue weighted by atomic mass is 79.9. The van der Waals surface area contributed by atoms with Gasteiger partial charge in [-0.1, -0.05) is 22.9 Å². The van der Waals surface area contributed by atoms with Gasteiger partial charge in [0.15, 0.2) is 0 Å². The van der Waals surface area contributed by atoms with E-state index in [2.05, 4.69) is 22.9 Å². The highest BCUT2D eigenvalue weighted by Gasteiger charge is 2.46. The molecule has 1 N–H and O–H groups in total. The molecule has 18 heavy (non-hydrogen) atoms.